The molecule has 16 heavy (non-hydrogen) atoms. The first-order valence-electron chi connectivity index (χ1n) is 5.80. The summed E-state index contributed by atoms with van der Waals surface area (Å²) in [6.45, 7) is 0. The molecule has 1 nitrogen and oxygen atoms in total. The molecule has 88 valence electrons. The smallest absolute Gasteiger partial charge is 0.165 e. The van der Waals surface area contributed by atoms with Crippen LogP contribution in [-0.2, 0) is 5.33 Å². The lowest BCUT2D eigenvalue weighted by Crippen LogP contribution is -2.20. The third-order valence-electron chi connectivity index (χ3n) is 3.00. The highest BCUT2D eigenvalue weighted by Gasteiger charge is 2.16. The zero-order chi connectivity index (χ0) is 11.4. The van der Waals surface area contributed by atoms with Crippen LogP contribution in [0.2, 0.25) is 0 Å². The molecule has 1 aliphatic rings. The average molecular weight is 287 g/mol. The van der Waals surface area contributed by atoms with Crippen molar-refractivity contribution in [3.05, 3.63) is 29.6 Å². The first-order chi connectivity index (χ1) is 7.79. The lowest BCUT2D eigenvalue weighted by atomic mass is 9.98. The highest BCUT2D eigenvalue weighted by atomic mass is 79.9. The Bertz CT molecular complexity index is 348. The van der Waals surface area contributed by atoms with Crippen molar-refractivity contribution >= 4 is 15.9 Å². The second-order valence-corrected chi connectivity index (χ2v) is 4.84. The number of alkyl halides is 1. The van der Waals surface area contributed by atoms with E-state index in [-0.39, 0.29) is 11.9 Å². The molecule has 0 unspecified atom stereocenters. The van der Waals surface area contributed by atoms with Crippen LogP contribution in [0.1, 0.15) is 37.7 Å². The molecule has 0 aliphatic heterocycles. The zero-order valence-electron chi connectivity index (χ0n) is 9.22. The van der Waals surface area contributed by atoms with Gasteiger partial charge in [0.2, 0.25) is 0 Å². The Morgan fingerprint density at radius 2 is 2.00 bits per heavy atom. The monoisotopic (exact) mass is 286 g/mol. The molecule has 0 bridgehead atoms. The molecule has 0 atom stereocenters. The molecule has 0 heterocycles. The van der Waals surface area contributed by atoms with Gasteiger partial charge in [0.25, 0.3) is 0 Å². The fourth-order valence-corrected chi connectivity index (χ4v) is 2.43. The quantitative estimate of drug-likeness (QED) is 0.747. The summed E-state index contributed by atoms with van der Waals surface area (Å²) in [5.41, 5.74) is 0.938. The number of ether oxygens (including phenoxy) is 1. The van der Waals surface area contributed by atoms with Crippen LogP contribution in [0.3, 0.4) is 0 Å². The average Bonchev–Trinajstić information content (AvgIpc) is 2.33. The number of hydrogen-bond donors (Lipinski definition) is 0. The summed E-state index contributed by atoms with van der Waals surface area (Å²) in [6, 6.07) is 5.17. The first kappa shape index (κ1) is 11.9. The van der Waals surface area contributed by atoms with Crippen LogP contribution in [0.15, 0.2) is 18.2 Å². The van der Waals surface area contributed by atoms with Gasteiger partial charge in [0, 0.05) is 5.33 Å². The molecule has 1 aliphatic carbocycles. The fourth-order valence-electron chi connectivity index (χ4n) is 2.09. The van der Waals surface area contributed by atoms with Gasteiger partial charge < -0.3 is 4.74 Å². The number of rotatable bonds is 3. The predicted octanol–water partition coefficient (Wildman–Crippen LogP) is 4.43. The minimum atomic E-state index is -0.248. The van der Waals surface area contributed by atoms with Crippen molar-refractivity contribution in [1.29, 1.82) is 0 Å². The van der Waals surface area contributed by atoms with Crippen LogP contribution < -0.4 is 4.74 Å². The van der Waals surface area contributed by atoms with Gasteiger partial charge in [-0.3, -0.25) is 0 Å². The molecule has 0 saturated heterocycles. The fraction of sp³-hybridized carbons (Fsp3) is 0.538. The van der Waals surface area contributed by atoms with E-state index >= 15 is 0 Å². The number of benzene rings is 1. The van der Waals surface area contributed by atoms with E-state index in [9.17, 15) is 4.39 Å². The molecule has 0 radical (unpaired) electrons. The van der Waals surface area contributed by atoms with E-state index in [1.165, 1.54) is 25.3 Å². The van der Waals surface area contributed by atoms with Crippen LogP contribution in [0.5, 0.6) is 5.75 Å². The normalized spacial score (nSPS) is 17.4. The predicted molar refractivity (Wildman–Crippen MR) is 66.5 cm³/mol. The first-order valence-corrected chi connectivity index (χ1v) is 6.93. The van der Waals surface area contributed by atoms with E-state index in [1.807, 2.05) is 6.07 Å². The Kier molecular flexibility index (Phi) is 4.22. The zero-order valence-corrected chi connectivity index (χ0v) is 10.8. The Morgan fingerprint density at radius 3 is 2.62 bits per heavy atom. The van der Waals surface area contributed by atoms with Gasteiger partial charge >= 0.3 is 0 Å². The van der Waals surface area contributed by atoms with Gasteiger partial charge in [0.15, 0.2) is 11.6 Å². The maximum Gasteiger partial charge on any atom is 0.165 e. The van der Waals surface area contributed by atoms with E-state index in [4.69, 9.17) is 4.74 Å². The SMILES string of the molecule is Fc1cc(CBr)ccc1OC1CCCCC1. The third kappa shape index (κ3) is 2.97. The molecule has 0 N–H and O–H groups in total. The van der Waals surface area contributed by atoms with Crippen LogP contribution >= 0.6 is 15.9 Å². The highest BCUT2D eigenvalue weighted by Crippen LogP contribution is 2.26. The Morgan fingerprint density at radius 1 is 1.25 bits per heavy atom. The summed E-state index contributed by atoms with van der Waals surface area (Å²) in [6.07, 6.45) is 6.00. The summed E-state index contributed by atoms with van der Waals surface area (Å²) < 4.78 is 19.3. The van der Waals surface area contributed by atoms with Gasteiger partial charge in [-0.05, 0) is 43.4 Å². The Labute approximate surface area is 104 Å². The van der Waals surface area contributed by atoms with E-state index in [0.717, 1.165) is 18.4 Å². The Balaban J connectivity index is 2.03. The standard InChI is InChI=1S/C13H16BrFO/c14-9-10-6-7-13(12(15)8-10)16-11-4-2-1-3-5-11/h6-8,11H,1-5,9H2. The van der Waals surface area contributed by atoms with Gasteiger partial charge in [0.1, 0.15) is 0 Å². The van der Waals surface area contributed by atoms with E-state index < -0.39 is 0 Å². The van der Waals surface area contributed by atoms with E-state index in [2.05, 4.69) is 15.9 Å². The van der Waals surface area contributed by atoms with Crippen molar-refractivity contribution < 1.29 is 9.13 Å². The lowest BCUT2D eigenvalue weighted by Gasteiger charge is -2.23. The molecule has 0 amide bonds. The summed E-state index contributed by atoms with van der Waals surface area (Å²) >= 11 is 3.31. The maximum absolute atomic E-state index is 13.6. The van der Waals surface area contributed by atoms with Gasteiger partial charge in [-0.25, -0.2) is 4.39 Å². The molecule has 3 heteroatoms. The van der Waals surface area contributed by atoms with Crippen molar-refractivity contribution in [3.63, 3.8) is 0 Å². The van der Waals surface area contributed by atoms with E-state index in [1.54, 1.807) is 6.07 Å². The van der Waals surface area contributed by atoms with Gasteiger partial charge in [-0.15, -0.1) is 0 Å². The van der Waals surface area contributed by atoms with Gasteiger partial charge in [0.05, 0.1) is 6.10 Å². The molecule has 0 spiro atoms. The van der Waals surface area contributed by atoms with Crippen molar-refractivity contribution in [1.82, 2.24) is 0 Å². The number of hydrogen-bond acceptors (Lipinski definition) is 1. The lowest BCUT2D eigenvalue weighted by molar-refractivity contribution is 0.148. The Hall–Kier alpha value is -0.570. The van der Waals surface area contributed by atoms with E-state index in [0.29, 0.717) is 11.1 Å². The molecule has 1 aromatic rings. The minimum absolute atomic E-state index is 0.207. The highest BCUT2D eigenvalue weighted by molar-refractivity contribution is 9.08. The molecular weight excluding hydrogens is 271 g/mol. The topological polar surface area (TPSA) is 9.23 Å². The second-order valence-electron chi connectivity index (χ2n) is 4.28. The van der Waals surface area contributed by atoms with Crippen LogP contribution in [0.4, 0.5) is 4.39 Å². The minimum Gasteiger partial charge on any atom is -0.487 e. The molecular formula is C13H16BrFO. The van der Waals surface area contributed by atoms with Crippen molar-refractivity contribution in [2.45, 2.75) is 43.5 Å². The molecule has 1 aromatic carbocycles. The van der Waals surface area contributed by atoms with Crippen LogP contribution in [0.25, 0.3) is 0 Å². The van der Waals surface area contributed by atoms with Crippen molar-refractivity contribution in [3.8, 4) is 5.75 Å². The maximum atomic E-state index is 13.6. The molecule has 1 fully saturated rings. The number of halogens is 2. The van der Waals surface area contributed by atoms with Crippen molar-refractivity contribution in [2.75, 3.05) is 0 Å². The summed E-state index contributed by atoms with van der Waals surface area (Å²) in [5, 5.41) is 0.674. The van der Waals surface area contributed by atoms with Gasteiger partial charge in [-0.1, -0.05) is 28.4 Å². The largest absolute Gasteiger partial charge is 0.487 e. The molecule has 1 saturated carbocycles. The van der Waals surface area contributed by atoms with Gasteiger partial charge in [-0.2, -0.15) is 0 Å². The summed E-state index contributed by atoms with van der Waals surface area (Å²) in [5.74, 6) is 0.152. The molecule has 0 aromatic heterocycles. The summed E-state index contributed by atoms with van der Waals surface area (Å²) in [4.78, 5) is 0. The van der Waals surface area contributed by atoms with Crippen LogP contribution in [-0.4, -0.2) is 6.10 Å². The second kappa shape index (κ2) is 5.67. The van der Waals surface area contributed by atoms with Crippen LogP contribution in [0, 0.1) is 5.82 Å². The van der Waals surface area contributed by atoms with Crippen molar-refractivity contribution in [2.24, 2.45) is 0 Å². The third-order valence-corrected chi connectivity index (χ3v) is 3.64. The molecule has 2 rings (SSSR count). The summed E-state index contributed by atoms with van der Waals surface area (Å²) in [7, 11) is 0.